The molecule has 2 atom stereocenters. The first-order valence-corrected chi connectivity index (χ1v) is 12.5. The van der Waals surface area contributed by atoms with Crippen LogP contribution in [0.3, 0.4) is 0 Å². The van der Waals surface area contributed by atoms with Crippen molar-refractivity contribution in [2.45, 2.75) is 51.3 Å². The third-order valence-electron chi connectivity index (χ3n) is 5.53. The molecular formula is C27H37N3O2S. The Bertz CT molecular complexity index is 908. The highest BCUT2D eigenvalue weighted by Crippen LogP contribution is 2.31. The van der Waals surface area contributed by atoms with E-state index in [0.717, 1.165) is 35.4 Å². The Labute approximate surface area is 203 Å². The molecule has 2 N–H and O–H groups in total. The lowest BCUT2D eigenvalue weighted by atomic mass is 10.1. The molecule has 0 radical (unpaired) electrons. The second kappa shape index (κ2) is 13.7. The van der Waals surface area contributed by atoms with Crippen molar-refractivity contribution in [3.05, 3.63) is 83.0 Å². The molecular weight excluding hydrogens is 430 g/mol. The summed E-state index contributed by atoms with van der Waals surface area (Å²) in [6.07, 6.45) is 20.0. The molecule has 2 unspecified atom stereocenters. The molecule has 1 heterocycles. The van der Waals surface area contributed by atoms with E-state index in [2.05, 4.69) is 36.3 Å². The van der Waals surface area contributed by atoms with Gasteiger partial charge < -0.3 is 15.5 Å². The van der Waals surface area contributed by atoms with Crippen LogP contribution in [0.25, 0.3) is 0 Å². The van der Waals surface area contributed by atoms with Crippen molar-refractivity contribution in [2.24, 2.45) is 0 Å². The maximum atomic E-state index is 13.5. The predicted octanol–water partition coefficient (Wildman–Crippen LogP) is 4.80. The number of allylic oxidation sites excluding steroid dienone is 7. The molecule has 2 aliphatic rings. The Morgan fingerprint density at radius 2 is 2.09 bits per heavy atom. The van der Waals surface area contributed by atoms with Crippen LogP contribution in [0, 0.1) is 0 Å². The second-order valence-electron chi connectivity index (χ2n) is 8.05. The maximum Gasteiger partial charge on any atom is 0.257 e. The van der Waals surface area contributed by atoms with Crippen LogP contribution in [0.2, 0.25) is 0 Å². The second-order valence-corrected chi connectivity index (χ2v) is 9.43. The summed E-state index contributed by atoms with van der Waals surface area (Å²) in [5, 5.41) is 6.14. The van der Waals surface area contributed by atoms with Gasteiger partial charge in [0, 0.05) is 36.7 Å². The van der Waals surface area contributed by atoms with Crippen LogP contribution >= 0.6 is 11.8 Å². The smallest absolute Gasteiger partial charge is 0.257 e. The molecule has 6 heteroatoms. The van der Waals surface area contributed by atoms with Gasteiger partial charge in [-0.15, -0.1) is 11.8 Å². The molecule has 1 aliphatic heterocycles. The Morgan fingerprint density at radius 3 is 2.79 bits per heavy atom. The number of amides is 2. The molecule has 33 heavy (non-hydrogen) atoms. The fraction of sp³-hybridized carbons (Fsp3) is 0.407. The Kier molecular flexibility index (Phi) is 11.0. The fourth-order valence-electron chi connectivity index (χ4n) is 3.47. The van der Waals surface area contributed by atoms with Crippen molar-refractivity contribution >= 4 is 23.6 Å². The van der Waals surface area contributed by atoms with Gasteiger partial charge in [-0.2, -0.15) is 0 Å². The third-order valence-corrected chi connectivity index (χ3v) is 6.76. The largest absolute Gasteiger partial charge is 0.392 e. The van der Waals surface area contributed by atoms with Crippen molar-refractivity contribution in [1.82, 2.24) is 15.5 Å². The topological polar surface area (TPSA) is 61.4 Å². The van der Waals surface area contributed by atoms with Crippen LogP contribution in [0.15, 0.2) is 83.0 Å². The first-order chi connectivity index (χ1) is 15.9. The van der Waals surface area contributed by atoms with Gasteiger partial charge in [-0.05, 0) is 50.8 Å². The van der Waals surface area contributed by atoms with Gasteiger partial charge in [0.2, 0.25) is 0 Å². The molecule has 1 aliphatic carbocycles. The zero-order valence-electron chi connectivity index (χ0n) is 20.3. The number of carbonyl (C=O) groups excluding carboxylic acids is 2. The highest BCUT2D eigenvalue weighted by Gasteiger charge is 2.25. The number of carbonyl (C=O) groups is 2. The number of nitrogens with one attached hydrogen (secondary N) is 2. The SMILES string of the molecule is C=C/C(=C\C=C(/C)NC)C(=O)N1CCC/C=C(/C(=O)NCCC)SC(C)C2=CC1C=CC=C2. The van der Waals surface area contributed by atoms with Crippen molar-refractivity contribution in [3.8, 4) is 0 Å². The van der Waals surface area contributed by atoms with Gasteiger partial charge in [0.05, 0.1) is 10.9 Å². The molecule has 178 valence electrons. The lowest BCUT2D eigenvalue weighted by Crippen LogP contribution is -2.40. The summed E-state index contributed by atoms with van der Waals surface area (Å²) in [5.41, 5.74) is 2.61. The van der Waals surface area contributed by atoms with E-state index in [9.17, 15) is 9.59 Å². The summed E-state index contributed by atoms with van der Waals surface area (Å²) in [4.78, 5) is 28.9. The molecule has 2 bridgehead atoms. The predicted molar refractivity (Wildman–Crippen MR) is 141 cm³/mol. The molecule has 0 saturated carbocycles. The first kappa shape index (κ1) is 26.5. The molecule has 2 amide bonds. The van der Waals surface area contributed by atoms with E-state index in [1.807, 2.05) is 62.3 Å². The Morgan fingerprint density at radius 1 is 1.30 bits per heavy atom. The third kappa shape index (κ3) is 7.97. The van der Waals surface area contributed by atoms with Gasteiger partial charge in [0.25, 0.3) is 11.8 Å². The van der Waals surface area contributed by atoms with E-state index in [1.165, 1.54) is 0 Å². The number of hydrogen-bond acceptors (Lipinski definition) is 4. The fourth-order valence-corrected chi connectivity index (χ4v) is 4.54. The summed E-state index contributed by atoms with van der Waals surface area (Å²) in [6, 6.07) is -0.168. The highest BCUT2D eigenvalue weighted by atomic mass is 32.2. The lowest BCUT2D eigenvalue weighted by molar-refractivity contribution is -0.127. The normalized spacial score (nSPS) is 23.5. The van der Waals surface area contributed by atoms with Crippen LogP contribution in [0.1, 0.15) is 40.0 Å². The number of nitrogens with zero attached hydrogens (tertiary/aromatic N) is 1. The van der Waals surface area contributed by atoms with E-state index in [-0.39, 0.29) is 23.1 Å². The number of rotatable bonds is 7. The zero-order valence-corrected chi connectivity index (χ0v) is 21.1. The lowest BCUT2D eigenvalue weighted by Gasteiger charge is -2.29. The molecule has 0 fully saturated rings. The van der Waals surface area contributed by atoms with E-state index in [4.69, 9.17) is 0 Å². The van der Waals surface area contributed by atoms with E-state index in [0.29, 0.717) is 18.7 Å². The molecule has 0 aromatic heterocycles. The minimum Gasteiger partial charge on any atom is -0.392 e. The summed E-state index contributed by atoms with van der Waals surface area (Å²) in [6.45, 7) is 11.2. The number of fused-ring (bicyclic) bond motifs is 1. The van der Waals surface area contributed by atoms with Crippen molar-refractivity contribution in [2.75, 3.05) is 20.1 Å². The number of hydrogen-bond donors (Lipinski definition) is 2. The standard InChI is InChI=1S/C27H37N3O2S/c1-6-17-29-26(31)25-14-10-11-18-30(27(32)22(7-2)16-15-20(3)28-5)24-13-9-8-12-23(19-24)21(4)33-25/h7-9,12-16,19,21,24,28H,2,6,10-11,17-18H2,1,3-5H3,(H,29,31)/b20-15+,22-16+,25-14-. The van der Waals surface area contributed by atoms with Crippen molar-refractivity contribution < 1.29 is 9.59 Å². The van der Waals surface area contributed by atoms with Crippen LogP contribution in [-0.4, -0.2) is 48.1 Å². The summed E-state index contributed by atoms with van der Waals surface area (Å²) < 4.78 is 0. The highest BCUT2D eigenvalue weighted by molar-refractivity contribution is 8.04. The van der Waals surface area contributed by atoms with Gasteiger partial charge >= 0.3 is 0 Å². The van der Waals surface area contributed by atoms with Crippen molar-refractivity contribution in [1.29, 1.82) is 0 Å². The Balaban J connectivity index is 2.39. The van der Waals surface area contributed by atoms with Crippen LogP contribution in [-0.2, 0) is 9.59 Å². The van der Waals surface area contributed by atoms with Crippen LogP contribution < -0.4 is 10.6 Å². The minimum absolute atomic E-state index is 0.0164. The molecule has 0 aromatic carbocycles. The van der Waals surface area contributed by atoms with Gasteiger partial charge in [-0.1, -0.05) is 56.0 Å². The maximum absolute atomic E-state index is 13.5. The van der Waals surface area contributed by atoms with Gasteiger partial charge in [0.1, 0.15) is 0 Å². The van der Waals surface area contributed by atoms with Gasteiger partial charge in [-0.25, -0.2) is 0 Å². The average molecular weight is 468 g/mol. The molecule has 0 saturated heterocycles. The number of thioether (sulfide) groups is 1. The summed E-state index contributed by atoms with van der Waals surface area (Å²) >= 11 is 1.58. The zero-order chi connectivity index (χ0) is 24.2. The van der Waals surface area contributed by atoms with E-state index < -0.39 is 0 Å². The molecule has 2 rings (SSSR count). The minimum atomic E-state index is -0.168. The van der Waals surface area contributed by atoms with Crippen LogP contribution in [0.4, 0.5) is 0 Å². The van der Waals surface area contributed by atoms with Gasteiger partial charge in [0.15, 0.2) is 0 Å². The Hall–Kier alpha value is -2.73. The van der Waals surface area contributed by atoms with Crippen molar-refractivity contribution in [3.63, 3.8) is 0 Å². The summed E-state index contributed by atoms with van der Waals surface area (Å²) in [7, 11) is 1.85. The molecule has 0 aromatic rings. The first-order valence-electron chi connectivity index (χ1n) is 11.6. The quantitative estimate of drug-likeness (QED) is 0.417. The monoisotopic (exact) mass is 467 g/mol. The van der Waals surface area contributed by atoms with Gasteiger partial charge in [-0.3, -0.25) is 9.59 Å². The van der Waals surface area contributed by atoms with E-state index >= 15 is 0 Å². The van der Waals surface area contributed by atoms with Crippen LogP contribution in [0.5, 0.6) is 0 Å². The van der Waals surface area contributed by atoms with E-state index in [1.54, 1.807) is 17.8 Å². The summed E-state index contributed by atoms with van der Waals surface area (Å²) in [5.74, 6) is -0.0703. The molecule has 0 spiro atoms. The average Bonchev–Trinajstić information content (AvgIpc) is 3.08. The molecule has 5 nitrogen and oxygen atoms in total.